The summed E-state index contributed by atoms with van der Waals surface area (Å²) < 4.78 is 12.7. The minimum atomic E-state index is -0.976. The molecule has 2 rings (SSSR count). The number of hydrazone groups is 1. The second-order valence-electron chi connectivity index (χ2n) is 4.33. The Morgan fingerprint density at radius 3 is 2.39 bits per heavy atom. The van der Waals surface area contributed by atoms with E-state index in [0.717, 1.165) is 12.1 Å². The Morgan fingerprint density at radius 1 is 1.04 bits per heavy atom. The Hall–Kier alpha value is -2.44. The van der Waals surface area contributed by atoms with Gasteiger partial charge >= 0.3 is 11.8 Å². The van der Waals surface area contributed by atoms with E-state index in [2.05, 4.69) is 15.8 Å². The molecular weight excluding hydrogens is 344 g/mol. The van der Waals surface area contributed by atoms with Crippen LogP contribution in [0.3, 0.4) is 0 Å². The smallest absolute Gasteiger partial charge is 0.318 e. The van der Waals surface area contributed by atoms with Crippen molar-refractivity contribution in [3.05, 3.63) is 63.9 Å². The van der Waals surface area contributed by atoms with Crippen molar-refractivity contribution in [3.8, 4) is 0 Å². The molecule has 0 saturated carbocycles. The van der Waals surface area contributed by atoms with E-state index in [1.807, 2.05) is 0 Å². The standard InChI is InChI=1S/C15H10Cl2FN3O2/c16-10-2-1-9(13(17)7-10)8-19-21-15(23)14(22)20-12-5-3-11(18)4-6-12/h1-8H,(H,20,22)(H,21,23)/b19-8-. The van der Waals surface area contributed by atoms with Gasteiger partial charge in [0.1, 0.15) is 5.82 Å². The predicted molar refractivity (Wildman–Crippen MR) is 87.2 cm³/mol. The fraction of sp³-hybridized carbons (Fsp3) is 0. The lowest BCUT2D eigenvalue weighted by molar-refractivity contribution is -0.136. The Bertz CT molecular complexity index is 764. The number of hydrogen-bond donors (Lipinski definition) is 2. The lowest BCUT2D eigenvalue weighted by Gasteiger charge is -2.03. The highest BCUT2D eigenvalue weighted by Crippen LogP contribution is 2.19. The van der Waals surface area contributed by atoms with Crippen molar-refractivity contribution in [3.63, 3.8) is 0 Å². The number of nitrogens with zero attached hydrogens (tertiary/aromatic N) is 1. The SMILES string of the molecule is O=C(N/N=C\c1ccc(Cl)cc1Cl)C(=O)Nc1ccc(F)cc1. The number of hydrogen-bond acceptors (Lipinski definition) is 3. The second-order valence-corrected chi connectivity index (χ2v) is 5.17. The van der Waals surface area contributed by atoms with Crippen LogP contribution < -0.4 is 10.7 Å². The van der Waals surface area contributed by atoms with Crippen LogP contribution in [0.25, 0.3) is 0 Å². The maximum atomic E-state index is 12.7. The number of rotatable bonds is 3. The molecule has 0 unspecified atom stereocenters. The third-order valence-corrected chi connectivity index (χ3v) is 3.20. The van der Waals surface area contributed by atoms with Gasteiger partial charge in [0.15, 0.2) is 0 Å². The number of halogens is 3. The van der Waals surface area contributed by atoms with Crippen LogP contribution in [0.4, 0.5) is 10.1 Å². The van der Waals surface area contributed by atoms with E-state index in [1.165, 1.54) is 24.4 Å². The first-order chi connectivity index (χ1) is 11.0. The largest absolute Gasteiger partial charge is 0.329 e. The number of nitrogens with one attached hydrogen (secondary N) is 2. The molecule has 0 heterocycles. The van der Waals surface area contributed by atoms with E-state index in [0.29, 0.717) is 15.6 Å². The second kappa shape index (κ2) is 7.71. The maximum absolute atomic E-state index is 12.7. The van der Waals surface area contributed by atoms with Crippen molar-refractivity contribution in [2.75, 3.05) is 5.32 Å². The number of benzene rings is 2. The molecule has 2 aromatic rings. The summed E-state index contributed by atoms with van der Waals surface area (Å²) in [6.45, 7) is 0. The van der Waals surface area contributed by atoms with Crippen LogP contribution in [-0.2, 0) is 9.59 Å². The monoisotopic (exact) mass is 353 g/mol. The minimum Gasteiger partial charge on any atom is -0.318 e. The van der Waals surface area contributed by atoms with Crippen molar-refractivity contribution in [2.45, 2.75) is 0 Å². The Kier molecular flexibility index (Phi) is 5.67. The number of carbonyl (C=O) groups excluding carboxylic acids is 2. The summed E-state index contributed by atoms with van der Waals surface area (Å²) in [7, 11) is 0. The van der Waals surface area contributed by atoms with E-state index in [9.17, 15) is 14.0 Å². The van der Waals surface area contributed by atoms with Gasteiger partial charge in [-0.1, -0.05) is 29.3 Å². The molecule has 0 aliphatic rings. The molecule has 0 bridgehead atoms. The van der Waals surface area contributed by atoms with Crippen LogP contribution in [0.2, 0.25) is 10.0 Å². The fourth-order valence-corrected chi connectivity index (χ4v) is 2.00. The Balaban J connectivity index is 1.92. The zero-order chi connectivity index (χ0) is 16.8. The van der Waals surface area contributed by atoms with Gasteiger partial charge in [-0.3, -0.25) is 9.59 Å². The molecule has 0 saturated heterocycles. The van der Waals surface area contributed by atoms with E-state index >= 15 is 0 Å². The van der Waals surface area contributed by atoms with Crippen molar-refractivity contribution >= 4 is 46.9 Å². The van der Waals surface area contributed by atoms with E-state index in [-0.39, 0.29) is 5.69 Å². The zero-order valence-electron chi connectivity index (χ0n) is 11.5. The number of anilines is 1. The van der Waals surface area contributed by atoms with Gasteiger partial charge in [-0.05, 0) is 36.4 Å². The van der Waals surface area contributed by atoms with Gasteiger partial charge in [0, 0.05) is 16.3 Å². The summed E-state index contributed by atoms with van der Waals surface area (Å²) in [5, 5.41) is 6.76. The van der Waals surface area contributed by atoms with E-state index < -0.39 is 17.6 Å². The molecule has 2 N–H and O–H groups in total. The maximum Gasteiger partial charge on any atom is 0.329 e. The summed E-state index contributed by atoms with van der Waals surface area (Å²) in [6, 6.07) is 9.72. The molecule has 0 spiro atoms. The molecule has 0 aromatic heterocycles. The topological polar surface area (TPSA) is 70.6 Å². The van der Waals surface area contributed by atoms with Gasteiger partial charge in [-0.2, -0.15) is 5.10 Å². The highest BCUT2D eigenvalue weighted by atomic mass is 35.5. The fourth-order valence-electron chi connectivity index (χ4n) is 1.54. The van der Waals surface area contributed by atoms with Crippen LogP contribution >= 0.6 is 23.2 Å². The molecule has 0 radical (unpaired) electrons. The lowest BCUT2D eigenvalue weighted by Crippen LogP contribution is -2.32. The van der Waals surface area contributed by atoms with Gasteiger partial charge in [0.05, 0.1) is 11.2 Å². The zero-order valence-corrected chi connectivity index (χ0v) is 13.0. The number of carbonyl (C=O) groups is 2. The van der Waals surface area contributed by atoms with Crippen LogP contribution in [0.1, 0.15) is 5.56 Å². The summed E-state index contributed by atoms with van der Waals surface area (Å²) in [5.41, 5.74) is 2.87. The molecule has 8 heteroatoms. The normalized spacial score (nSPS) is 10.6. The van der Waals surface area contributed by atoms with Gasteiger partial charge in [-0.15, -0.1) is 0 Å². The van der Waals surface area contributed by atoms with Crippen molar-refractivity contribution in [2.24, 2.45) is 5.10 Å². The molecule has 0 aliphatic carbocycles. The Morgan fingerprint density at radius 2 is 1.74 bits per heavy atom. The van der Waals surface area contributed by atoms with Gasteiger partial charge in [-0.25, -0.2) is 9.82 Å². The van der Waals surface area contributed by atoms with Crippen molar-refractivity contribution in [1.29, 1.82) is 0 Å². The predicted octanol–water partition coefficient (Wildman–Crippen LogP) is 3.22. The minimum absolute atomic E-state index is 0.288. The Labute approximate surface area is 141 Å². The van der Waals surface area contributed by atoms with Gasteiger partial charge in [0.25, 0.3) is 0 Å². The molecule has 2 amide bonds. The van der Waals surface area contributed by atoms with E-state index in [4.69, 9.17) is 23.2 Å². The molecule has 23 heavy (non-hydrogen) atoms. The van der Waals surface area contributed by atoms with Crippen LogP contribution in [0.5, 0.6) is 0 Å². The molecular formula is C15H10Cl2FN3O2. The molecule has 2 aromatic carbocycles. The molecule has 0 aliphatic heterocycles. The summed E-state index contributed by atoms with van der Waals surface area (Å²) in [4.78, 5) is 23.2. The third-order valence-electron chi connectivity index (χ3n) is 2.64. The lowest BCUT2D eigenvalue weighted by atomic mass is 10.2. The molecule has 0 fully saturated rings. The van der Waals surface area contributed by atoms with Gasteiger partial charge in [0.2, 0.25) is 0 Å². The summed E-state index contributed by atoms with van der Waals surface area (Å²) >= 11 is 11.7. The molecule has 5 nitrogen and oxygen atoms in total. The highest BCUT2D eigenvalue weighted by Gasteiger charge is 2.12. The number of amides is 2. The molecule has 118 valence electrons. The quantitative estimate of drug-likeness (QED) is 0.505. The average Bonchev–Trinajstić information content (AvgIpc) is 2.51. The first-order valence-electron chi connectivity index (χ1n) is 6.31. The first kappa shape index (κ1) is 16.9. The summed E-state index contributed by atoms with van der Waals surface area (Å²) in [6.07, 6.45) is 1.28. The highest BCUT2D eigenvalue weighted by molar-refractivity contribution is 6.39. The summed E-state index contributed by atoms with van der Waals surface area (Å²) in [5.74, 6) is -2.36. The first-order valence-corrected chi connectivity index (χ1v) is 7.06. The van der Waals surface area contributed by atoms with Crippen LogP contribution in [-0.4, -0.2) is 18.0 Å². The van der Waals surface area contributed by atoms with Crippen molar-refractivity contribution < 1.29 is 14.0 Å². The molecule has 0 atom stereocenters. The average molecular weight is 354 g/mol. The van der Waals surface area contributed by atoms with Crippen LogP contribution in [0.15, 0.2) is 47.6 Å². The van der Waals surface area contributed by atoms with Gasteiger partial charge < -0.3 is 5.32 Å². The van der Waals surface area contributed by atoms with E-state index in [1.54, 1.807) is 12.1 Å². The van der Waals surface area contributed by atoms with Crippen LogP contribution in [0, 0.1) is 5.82 Å². The third kappa shape index (κ3) is 5.05. The van der Waals surface area contributed by atoms with Crippen molar-refractivity contribution in [1.82, 2.24) is 5.43 Å².